The molecule has 6 nitrogen and oxygen atoms in total. The van der Waals surface area contributed by atoms with Crippen LogP contribution in [0.1, 0.15) is 22.8 Å². The number of thiazole rings is 1. The van der Waals surface area contributed by atoms with E-state index in [1.54, 1.807) is 42.9 Å². The van der Waals surface area contributed by atoms with E-state index in [1.165, 1.54) is 11.3 Å². The number of aromatic nitrogens is 1. The van der Waals surface area contributed by atoms with Gasteiger partial charge in [0.1, 0.15) is 12.3 Å². The second-order valence-electron chi connectivity index (χ2n) is 5.85. The normalized spacial score (nSPS) is 11.6. The smallest absolute Gasteiger partial charge is 0.326 e. The second kappa shape index (κ2) is 8.18. The lowest BCUT2D eigenvalue weighted by Crippen LogP contribution is -2.23. The molecule has 140 valence electrons. The molecule has 0 unspecified atom stereocenters. The Morgan fingerprint density at radius 3 is 2.70 bits per heavy atom. The number of rotatable bonds is 5. The van der Waals surface area contributed by atoms with Crippen LogP contribution in [0.3, 0.4) is 0 Å². The number of hydrogen-bond donors (Lipinski definition) is 0. The molecule has 0 bridgehead atoms. The maximum absolute atomic E-state index is 12.7. The van der Waals surface area contributed by atoms with Crippen molar-refractivity contribution in [3.05, 3.63) is 58.4 Å². The predicted octanol–water partition coefficient (Wildman–Crippen LogP) is 3.32. The van der Waals surface area contributed by atoms with Gasteiger partial charge >= 0.3 is 5.97 Å². The van der Waals surface area contributed by atoms with E-state index in [1.807, 2.05) is 25.1 Å². The lowest BCUT2D eigenvalue weighted by molar-refractivity contribution is -0.143. The maximum Gasteiger partial charge on any atom is 0.326 e. The van der Waals surface area contributed by atoms with E-state index in [-0.39, 0.29) is 12.5 Å². The minimum absolute atomic E-state index is 0.00289. The number of carbonyl (C=O) groups excluding carboxylic acids is 2. The first-order valence-corrected chi connectivity index (χ1v) is 9.32. The minimum Gasteiger partial charge on any atom is -0.497 e. The van der Waals surface area contributed by atoms with Crippen LogP contribution in [-0.2, 0) is 16.1 Å². The molecule has 0 radical (unpaired) electrons. The zero-order valence-corrected chi connectivity index (χ0v) is 16.2. The summed E-state index contributed by atoms with van der Waals surface area (Å²) in [5.41, 5.74) is 2.31. The Hall–Kier alpha value is -2.93. The van der Waals surface area contributed by atoms with Crippen LogP contribution in [-0.4, -0.2) is 30.2 Å². The Kier molecular flexibility index (Phi) is 5.71. The summed E-state index contributed by atoms with van der Waals surface area (Å²) in [6, 6.07) is 12.7. The molecule has 3 aromatic rings. The quantitative estimate of drug-likeness (QED) is 0.633. The Morgan fingerprint density at radius 1 is 1.19 bits per heavy atom. The van der Waals surface area contributed by atoms with Gasteiger partial charge in [-0.25, -0.2) is 0 Å². The Bertz CT molecular complexity index is 1070. The molecule has 0 aliphatic carbocycles. The molecule has 1 aromatic heterocycles. The van der Waals surface area contributed by atoms with E-state index in [0.29, 0.717) is 22.7 Å². The number of benzene rings is 2. The van der Waals surface area contributed by atoms with Gasteiger partial charge in [-0.3, -0.25) is 9.59 Å². The molecule has 0 atom stereocenters. The van der Waals surface area contributed by atoms with Crippen LogP contribution in [0.5, 0.6) is 5.75 Å². The van der Waals surface area contributed by atoms with Gasteiger partial charge in [0.15, 0.2) is 4.80 Å². The Labute approximate surface area is 160 Å². The number of nitrogens with zero attached hydrogens (tertiary/aromatic N) is 2. The fraction of sp³-hybridized carbons (Fsp3) is 0.250. The van der Waals surface area contributed by atoms with Crippen LogP contribution in [0.4, 0.5) is 0 Å². The molecule has 1 amide bonds. The van der Waals surface area contributed by atoms with Crippen LogP contribution in [0.25, 0.3) is 10.2 Å². The van der Waals surface area contributed by atoms with Crippen LogP contribution in [0.15, 0.2) is 47.5 Å². The molecule has 27 heavy (non-hydrogen) atoms. The highest BCUT2D eigenvalue weighted by Gasteiger charge is 2.14. The number of fused-ring (bicyclic) bond motifs is 1. The predicted molar refractivity (Wildman–Crippen MR) is 104 cm³/mol. The fourth-order valence-corrected chi connectivity index (χ4v) is 3.89. The highest BCUT2D eigenvalue weighted by atomic mass is 32.1. The van der Waals surface area contributed by atoms with Gasteiger partial charge in [-0.1, -0.05) is 29.5 Å². The summed E-state index contributed by atoms with van der Waals surface area (Å²) >= 11 is 1.37. The lowest BCUT2D eigenvalue weighted by Gasteiger charge is -2.07. The number of amides is 1. The van der Waals surface area contributed by atoms with Crippen molar-refractivity contribution in [2.24, 2.45) is 4.99 Å². The van der Waals surface area contributed by atoms with E-state index < -0.39 is 5.91 Å². The van der Waals surface area contributed by atoms with Gasteiger partial charge in [-0.15, -0.1) is 0 Å². The maximum atomic E-state index is 12.7. The first-order valence-electron chi connectivity index (χ1n) is 8.51. The largest absolute Gasteiger partial charge is 0.497 e. The first kappa shape index (κ1) is 18.8. The molecule has 1 heterocycles. The van der Waals surface area contributed by atoms with Gasteiger partial charge in [0.25, 0.3) is 5.91 Å². The number of carbonyl (C=O) groups is 2. The fourth-order valence-electron chi connectivity index (χ4n) is 2.78. The molecule has 0 N–H and O–H groups in total. The first-order chi connectivity index (χ1) is 13.0. The van der Waals surface area contributed by atoms with Crippen molar-refractivity contribution in [2.75, 3.05) is 13.7 Å². The van der Waals surface area contributed by atoms with Crippen LogP contribution >= 0.6 is 11.3 Å². The third-order valence-electron chi connectivity index (χ3n) is 4.01. The van der Waals surface area contributed by atoms with Crippen molar-refractivity contribution in [3.63, 3.8) is 0 Å². The summed E-state index contributed by atoms with van der Waals surface area (Å²) in [4.78, 5) is 29.5. The standard InChI is InChI=1S/C20H20N2O4S/c1-4-26-17(23)12-22-18-13(2)7-5-10-16(18)27-20(22)21-19(24)14-8-6-9-15(11-14)25-3/h5-11H,4,12H2,1-3H3. The minimum atomic E-state index is -0.393. The Balaban J connectivity index is 2.11. The molecule has 0 fully saturated rings. The van der Waals surface area contributed by atoms with Gasteiger partial charge < -0.3 is 14.0 Å². The van der Waals surface area contributed by atoms with Crippen LogP contribution in [0, 0.1) is 6.92 Å². The molecule has 7 heteroatoms. The van der Waals surface area contributed by atoms with Gasteiger partial charge in [-0.2, -0.15) is 4.99 Å². The SMILES string of the molecule is CCOC(=O)Cn1c(=NC(=O)c2cccc(OC)c2)sc2cccc(C)c21. The van der Waals surface area contributed by atoms with Crippen molar-refractivity contribution in [3.8, 4) is 5.75 Å². The summed E-state index contributed by atoms with van der Waals surface area (Å²) in [6.07, 6.45) is 0. The zero-order valence-electron chi connectivity index (χ0n) is 15.4. The number of methoxy groups -OCH3 is 1. The van der Waals surface area contributed by atoms with Crippen molar-refractivity contribution in [2.45, 2.75) is 20.4 Å². The summed E-state index contributed by atoms with van der Waals surface area (Å²) in [5, 5.41) is 0. The van der Waals surface area contributed by atoms with E-state index in [0.717, 1.165) is 15.8 Å². The summed E-state index contributed by atoms with van der Waals surface area (Å²) < 4.78 is 12.9. The van der Waals surface area contributed by atoms with Gasteiger partial charge in [0.2, 0.25) is 0 Å². The zero-order chi connectivity index (χ0) is 19.4. The molecule has 0 aliphatic heterocycles. The molecule has 3 rings (SSSR count). The third kappa shape index (κ3) is 4.09. The van der Waals surface area contributed by atoms with E-state index in [9.17, 15) is 9.59 Å². The summed E-state index contributed by atoms with van der Waals surface area (Å²) in [5.74, 6) is -0.172. The van der Waals surface area contributed by atoms with Crippen LogP contribution in [0.2, 0.25) is 0 Å². The number of ether oxygens (including phenoxy) is 2. The van der Waals surface area contributed by atoms with E-state index in [2.05, 4.69) is 4.99 Å². The second-order valence-corrected chi connectivity index (χ2v) is 6.86. The molecule has 0 spiro atoms. The molecule has 2 aromatic carbocycles. The monoisotopic (exact) mass is 384 g/mol. The molecule has 0 aliphatic rings. The average molecular weight is 384 g/mol. The van der Waals surface area contributed by atoms with Gasteiger partial charge in [0.05, 0.1) is 23.9 Å². The van der Waals surface area contributed by atoms with Gasteiger partial charge in [0, 0.05) is 5.56 Å². The molecular formula is C20H20N2O4S. The van der Waals surface area contributed by atoms with Crippen molar-refractivity contribution >= 4 is 33.4 Å². The number of esters is 1. The highest BCUT2D eigenvalue weighted by Crippen LogP contribution is 2.21. The summed E-state index contributed by atoms with van der Waals surface area (Å²) in [6.45, 7) is 4.03. The van der Waals surface area contributed by atoms with E-state index in [4.69, 9.17) is 9.47 Å². The number of para-hydroxylation sites is 1. The lowest BCUT2D eigenvalue weighted by atomic mass is 10.2. The van der Waals surface area contributed by atoms with Crippen molar-refractivity contribution < 1.29 is 19.1 Å². The number of aryl methyl sites for hydroxylation is 1. The van der Waals surface area contributed by atoms with Crippen molar-refractivity contribution in [1.82, 2.24) is 4.57 Å². The number of hydrogen-bond acceptors (Lipinski definition) is 5. The molecule has 0 saturated heterocycles. The average Bonchev–Trinajstić information content (AvgIpc) is 3.00. The molecular weight excluding hydrogens is 364 g/mol. The van der Waals surface area contributed by atoms with Gasteiger partial charge in [-0.05, 0) is 43.7 Å². The third-order valence-corrected chi connectivity index (χ3v) is 5.05. The highest BCUT2D eigenvalue weighted by molar-refractivity contribution is 7.16. The Morgan fingerprint density at radius 2 is 1.96 bits per heavy atom. The van der Waals surface area contributed by atoms with E-state index >= 15 is 0 Å². The van der Waals surface area contributed by atoms with Crippen LogP contribution < -0.4 is 9.54 Å². The topological polar surface area (TPSA) is 69.9 Å². The summed E-state index contributed by atoms with van der Waals surface area (Å²) in [7, 11) is 1.54. The van der Waals surface area contributed by atoms with Crippen molar-refractivity contribution in [1.29, 1.82) is 0 Å². The molecule has 0 saturated carbocycles.